The van der Waals surface area contributed by atoms with Gasteiger partial charge in [-0.05, 0) is 0 Å². The Kier molecular flexibility index (Phi) is 4.06. The minimum absolute atomic E-state index is 0.153. The highest BCUT2D eigenvalue weighted by Gasteiger charge is 2.22. The zero-order valence-electron chi connectivity index (χ0n) is 9.95. The van der Waals surface area contributed by atoms with Crippen molar-refractivity contribution in [3.8, 4) is 6.07 Å². The number of hydrogen-bond acceptors (Lipinski definition) is 5. The van der Waals surface area contributed by atoms with E-state index in [1.165, 1.54) is 17.8 Å². The minimum atomic E-state index is -1.16. The molecule has 0 bridgehead atoms. The molecular weight excluding hydrogens is 306 g/mol. The second-order valence-corrected chi connectivity index (χ2v) is 5.01. The summed E-state index contributed by atoms with van der Waals surface area (Å²) < 4.78 is 27.8. The van der Waals surface area contributed by atoms with Gasteiger partial charge in [0.15, 0.2) is 16.8 Å². The van der Waals surface area contributed by atoms with Crippen LogP contribution < -0.4 is 5.73 Å². The van der Waals surface area contributed by atoms with E-state index in [0.29, 0.717) is 5.75 Å². The van der Waals surface area contributed by atoms with Crippen molar-refractivity contribution in [3.05, 3.63) is 34.9 Å². The van der Waals surface area contributed by atoms with E-state index in [9.17, 15) is 8.78 Å². The second-order valence-electron chi connectivity index (χ2n) is 3.64. The van der Waals surface area contributed by atoms with E-state index in [0.717, 1.165) is 0 Å². The van der Waals surface area contributed by atoms with Crippen LogP contribution in [-0.2, 0) is 0 Å². The molecule has 20 heavy (non-hydrogen) atoms. The quantitative estimate of drug-likeness (QED) is 0.407. The van der Waals surface area contributed by atoms with Crippen molar-refractivity contribution < 1.29 is 8.78 Å². The molecule has 1 heterocycles. The average Bonchev–Trinajstić information content (AvgIpc) is 2.42. The Morgan fingerprint density at radius 3 is 2.70 bits per heavy atom. The maximum atomic E-state index is 14.1. The van der Waals surface area contributed by atoms with Crippen LogP contribution in [0.15, 0.2) is 17.8 Å². The smallest absolute Gasteiger partial charge is 0.190 e. The maximum Gasteiger partial charge on any atom is 0.190 e. The highest BCUT2D eigenvalue weighted by molar-refractivity contribution is 7.99. The Morgan fingerprint density at radius 1 is 1.40 bits per heavy atom. The number of thioether (sulfide) groups is 1. The molecule has 0 atom stereocenters. The number of nitrogens with two attached hydrogens (primary N) is 1. The average molecular weight is 313 g/mol. The van der Waals surface area contributed by atoms with Crippen LogP contribution in [0.25, 0.3) is 10.9 Å². The van der Waals surface area contributed by atoms with Crippen LogP contribution in [0.3, 0.4) is 0 Å². The first kappa shape index (κ1) is 14.5. The first-order chi connectivity index (χ1) is 9.51. The third kappa shape index (κ3) is 2.28. The molecule has 0 aliphatic heterocycles. The topological polar surface area (TPSA) is 75.6 Å². The zero-order valence-corrected chi connectivity index (χ0v) is 11.5. The Hall–Kier alpha value is -1.91. The number of halogens is 3. The fourth-order valence-corrected chi connectivity index (χ4v) is 2.38. The predicted octanol–water partition coefficient (Wildman–Crippen LogP) is 3.29. The molecule has 0 aliphatic carbocycles. The van der Waals surface area contributed by atoms with Gasteiger partial charge in [-0.1, -0.05) is 29.4 Å². The van der Waals surface area contributed by atoms with E-state index in [1.54, 1.807) is 6.08 Å². The third-order valence-corrected chi connectivity index (χ3v) is 3.61. The van der Waals surface area contributed by atoms with E-state index in [-0.39, 0.29) is 21.9 Å². The summed E-state index contributed by atoms with van der Waals surface area (Å²) in [5, 5.41) is 8.28. The fraction of sp³-hybridized carbons (Fsp3) is 0.0833. The first-order valence-electron chi connectivity index (χ1n) is 5.28. The molecule has 102 valence electrons. The monoisotopic (exact) mass is 312 g/mol. The van der Waals surface area contributed by atoms with Crippen LogP contribution in [0.1, 0.15) is 5.56 Å². The van der Waals surface area contributed by atoms with Gasteiger partial charge in [0.1, 0.15) is 28.0 Å². The number of aromatic nitrogens is 2. The zero-order chi connectivity index (χ0) is 14.9. The standard InChI is InChI=1S/C12H7ClF2N4S/c1-2-3-20-12-18-10-6(11(17)19-12)8(14)5(4-16)9(15)7(10)13/h2H,1,3H2,(H2,17,18,19). The maximum absolute atomic E-state index is 14.1. The van der Waals surface area contributed by atoms with Gasteiger partial charge in [-0.2, -0.15) is 5.26 Å². The van der Waals surface area contributed by atoms with Crippen LogP contribution >= 0.6 is 23.4 Å². The van der Waals surface area contributed by atoms with Gasteiger partial charge >= 0.3 is 0 Å². The Labute approximate surface area is 122 Å². The highest BCUT2D eigenvalue weighted by atomic mass is 35.5. The molecule has 0 radical (unpaired) electrons. The molecule has 0 aliphatic rings. The van der Waals surface area contributed by atoms with Crippen molar-refractivity contribution >= 4 is 40.1 Å². The van der Waals surface area contributed by atoms with Gasteiger partial charge in [-0.15, -0.1) is 6.58 Å². The van der Waals surface area contributed by atoms with Crippen molar-refractivity contribution in [2.75, 3.05) is 11.5 Å². The lowest BCUT2D eigenvalue weighted by molar-refractivity contribution is 0.585. The van der Waals surface area contributed by atoms with Crippen molar-refractivity contribution in [1.29, 1.82) is 5.26 Å². The number of benzene rings is 1. The number of fused-ring (bicyclic) bond motifs is 1. The lowest BCUT2D eigenvalue weighted by atomic mass is 10.1. The molecule has 4 nitrogen and oxygen atoms in total. The fourth-order valence-electron chi connectivity index (χ4n) is 1.56. The van der Waals surface area contributed by atoms with E-state index >= 15 is 0 Å². The number of nitriles is 1. The molecule has 2 rings (SSSR count). The number of hydrogen-bond donors (Lipinski definition) is 1. The van der Waals surface area contributed by atoms with Crippen molar-refractivity contribution in [3.63, 3.8) is 0 Å². The van der Waals surface area contributed by atoms with Crippen LogP contribution in [0.5, 0.6) is 0 Å². The normalized spacial score (nSPS) is 10.5. The highest BCUT2D eigenvalue weighted by Crippen LogP contribution is 2.34. The first-order valence-corrected chi connectivity index (χ1v) is 6.65. The predicted molar refractivity (Wildman–Crippen MR) is 74.5 cm³/mol. The van der Waals surface area contributed by atoms with Crippen LogP contribution in [0.2, 0.25) is 5.02 Å². The third-order valence-electron chi connectivity index (χ3n) is 2.42. The van der Waals surface area contributed by atoms with Gasteiger partial charge in [-0.3, -0.25) is 0 Å². The van der Waals surface area contributed by atoms with Crippen LogP contribution in [0.4, 0.5) is 14.6 Å². The second kappa shape index (κ2) is 5.61. The molecule has 0 spiro atoms. The summed E-state index contributed by atoms with van der Waals surface area (Å²) in [7, 11) is 0. The van der Waals surface area contributed by atoms with Crippen molar-refractivity contribution in [1.82, 2.24) is 9.97 Å². The lowest BCUT2D eigenvalue weighted by Gasteiger charge is -2.09. The van der Waals surface area contributed by atoms with E-state index < -0.39 is 22.2 Å². The molecule has 8 heteroatoms. The molecule has 0 fully saturated rings. The van der Waals surface area contributed by atoms with E-state index in [4.69, 9.17) is 22.6 Å². The Bertz CT molecular complexity index is 758. The molecule has 0 saturated carbocycles. The summed E-state index contributed by atoms with van der Waals surface area (Å²) in [6, 6.07) is 1.41. The van der Waals surface area contributed by atoms with Gasteiger partial charge in [0, 0.05) is 5.75 Å². The van der Waals surface area contributed by atoms with E-state index in [2.05, 4.69) is 16.5 Å². The number of anilines is 1. The summed E-state index contributed by atoms with van der Waals surface area (Å²) in [4.78, 5) is 7.87. The van der Waals surface area contributed by atoms with Crippen molar-refractivity contribution in [2.24, 2.45) is 0 Å². The van der Waals surface area contributed by atoms with Gasteiger partial charge in [-0.25, -0.2) is 18.7 Å². The molecule has 0 saturated heterocycles. The Balaban J connectivity index is 2.82. The van der Waals surface area contributed by atoms with Crippen LogP contribution in [-0.4, -0.2) is 15.7 Å². The molecule has 0 amide bonds. The molecule has 2 N–H and O–H groups in total. The molecule has 2 aromatic rings. The van der Waals surface area contributed by atoms with Gasteiger partial charge in [0.25, 0.3) is 0 Å². The van der Waals surface area contributed by atoms with Gasteiger partial charge in [0.2, 0.25) is 0 Å². The SMILES string of the molecule is C=CCSc1nc(N)c2c(F)c(C#N)c(F)c(Cl)c2n1. The molecule has 0 unspecified atom stereocenters. The van der Waals surface area contributed by atoms with Gasteiger partial charge in [0.05, 0.1) is 5.39 Å². The van der Waals surface area contributed by atoms with Gasteiger partial charge < -0.3 is 5.73 Å². The van der Waals surface area contributed by atoms with Crippen LogP contribution in [0, 0.1) is 23.0 Å². The van der Waals surface area contributed by atoms with Crippen molar-refractivity contribution in [2.45, 2.75) is 5.16 Å². The Morgan fingerprint density at radius 2 is 2.10 bits per heavy atom. The largest absolute Gasteiger partial charge is 0.383 e. The lowest BCUT2D eigenvalue weighted by Crippen LogP contribution is -2.03. The number of nitrogens with zero attached hydrogens (tertiary/aromatic N) is 3. The summed E-state index contributed by atoms with van der Waals surface area (Å²) in [5.41, 5.74) is 4.70. The summed E-state index contributed by atoms with van der Waals surface area (Å²) >= 11 is 6.98. The molecular formula is C12H7ClF2N4S. The van der Waals surface area contributed by atoms with E-state index in [1.807, 2.05) is 0 Å². The minimum Gasteiger partial charge on any atom is -0.383 e. The molecule has 1 aromatic carbocycles. The summed E-state index contributed by atoms with van der Waals surface area (Å²) in [5.74, 6) is -1.96. The molecule has 1 aromatic heterocycles. The summed E-state index contributed by atoms with van der Waals surface area (Å²) in [6.07, 6.45) is 1.62. The summed E-state index contributed by atoms with van der Waals surface area (Å²) in [6.45, 7) is 3.54. The number of rotatable bonds is 3. The number of nitrogen functional groups attached to an aromatic ring is 1.